The van der Waals surface area contributed by atoms with Crippen LogP contribution in [0.25, 0.3) is 0 Å². The van der Waals surface area contributed by atoms with Crippen LogP contribution >= 0.6 is 0 Å². The van der Waals surface area contributed by atoms with Gasteiger partial charge in [0.15, 0.2) is 0 Å². The fourth-order valence-corrected chi connectivity index (χ4v) is 2.49. The summed E-state index contributed by atoms with van der Waals surface area (Å²) in [6.07, 6.45) is 2.93. The van der Waals surface area contributed by atoms with Crippen molar-refractivity contribution in [2.45, 2.75) is 26.2 Å². The molecule has 2 rings (SSSR count). The molecular weight excluding hydrogens is 266 g/mol. The number of carbonyl (C=O) groups is 2. The molecule has 0 bridgehead atoms. The first-order valence-electron chi connectivity index (χ1n) is 7.46. The fourth-order valence-electron chi connectivity index (χ4n) is 2.49. The number of benzene rings is 1. The molecule has 3 N–H and O–H groups in total. The first-order chi connectivity index (χ1) is 10.0. The molecule has 5 heteroatoms. The predicted octanol–water partition coefficient (Wildman–Crippen LogP) is 1.85. The van der Waals surface area contributed by atoms with Gasteiger partial charge in [0.1, 0.15) is 0 Å². The van der Waals surface area contributed by atoms with E-state index < -0.39 is 5.91 Å². The summed E-state index contributed by atoms with van der Waals surface area (Å²) in [5.74, 6) is 0.339. The van der Waals surface area contributed by atoms with Gasteiger partial charge in [-0.1, -0.05) is 6.92 Å². The van der Waals surface area contributed by atoms with Gasteiger partial charge in [-0.25, -0.2) is 0 Å². The highest BCUT2D eigenvalue weighted by Gasteiger charge is 2.16. The first-order valence-corrected chi connectivity index (χ1v) is 7.46. The summed E-state index contributed by atoms with van der Waals surface area (Å²) in [5, 5.41) is 2.84. The number of piperidine rings is 1. The van der Waals surface area contributed by atoms with Gasteiger partial charge in [-0.05, 0) is 56.1 Å². The van der Waals surface area contributed by atoms with Crippen LogP contribution in [0.2, 0.25) is 0 Å². The van der Waals surface area contributed by atoms with Crippen LogP contribution < -0.4 is 11.1 Å². The summed E-state index contributed by atoms with van der Waals surface area (Å²) in [7, 11) is 0. The Bertz CT molecular complexity index is 491. The summed E-state index contributed by atoms with van der Waals surface area (Å²) in [5.41, 5.74) is 6.31. The minimum atomic E-state index is -0.466. The average Bonchev–Trinajstić information content (AvgIpc) is 2.47. The van der Waals surface area contributed by atoms with Gasteiger partial charge in [-0.2, -0.15) is 0 Å². The highest BCUT2D eigenvalue weighted by Crippen LogP contribution is 2.16. The molecule has 0 unspecified atom stereocenters. The van der Waals surface area contributed by atoms with Crippen molar-refractivity contribution in [3.8, 4) is 0 Å². The third-order valence-electron chi connectivity index (χ3n) is 3.98. The van der Waals surface area contributed by atoms with Crippen molar-refractivity contribution < 1.29 is 9.59 Å². The van der Waals surface area contributed by atoms with Crippen LogP contribution in [0, 0.1) is 5.92 Å². The van der Waals surface area contributed by atoms with Gasteiger partial charge in [0, 0.05) is 24.2 Å². The van der Waals surface area contributed by atoms with E-state index in [1.807, 2.05) is 0 Å². The van der Waals surface area contributed by atoms with E-state index in [4.69, 9.17) is 5.73 Å². The van der Waals surface area contributed by atoms with Crippen LogP contribution in [0.3, 0.4) is 0 Å². The van der Waals surface area contributed by atoms with Crippen molar-refractivity contribution in [1.82, 2.24) is 4.90 Å². The Kier molecular flexibility index (Phi) is 5.33. The number of carbonyl (C=O) groups excluding carboxylic acids is 2. The molecule has 0 atom stereocenters. The van der Waals surface area contributed by atoms with Crippen LogP contribution in [-0.4, -0.2) is 36.3 Å². The molecular formula is C16H23N3O2. The minimum Gasteiger partial charge on any atom is -0.366 e. The second-order valence-corrected chi connectivity index (χ2v) is 5.76. The van der Waals surface area contributed by atoms with Gasteiger partial charge in [-0.3, -0.25) is 9.59 Å². The normalized spacial score (nSPS) is 16.6. The smallest absolute Gasteiger partial charge is 0.248 e. The summed E-state index contributed by atoms with van der Waals surface area (Å²) < 4.78 is 0. The molecule has 1 fully saturated rings. The first kappa shape index (κ1) is 15.5. The molecule has 114 valence electrons. The zero-order valence-corrected chi connectivity index (χ0v) is 12.5. The number of anilines is 1. The van der Waals surface area contributed by atoms with Gasteiger partial charge >= 0.3 is 0 Å². The number of primary amides is 1. The number of amides is 2. The molecule has 1 aliphatic rings. The molecule has 21 heavy (non-hydrogen) atoms. The maximum Gasteiger partial charge on any atom is 0.248 e. The molecule has 2 amide bonds. The highest BCUT2D eigenvalue weighted by molar-refractivity contribution is 5.94. The zero-order valence-electron chi connectivity index (χ0n) is 12.5. The molecule has 1 aliphatic heterocycles. The van der Waals surface area contributed by atoms with E-state index in [9.17, 15) is 9.59 Å². The van der Waals surface area contributed by atoms with Gasteiger partial charge in [0.25, 0.3) is 0 Å². The molecule has 0 saturated carbocycles. The van der Waals surface area contributed by atoms with Crippen LogP contribution in [0.15, 0.2) is 24.3 Å². The standard InChI is InChI=1S/C16H23N3O2/c1-12-6-9-19(10-7-12)11-8-15(20)18-14-4-2-13(3-5-14)16(17)21/h2-5,12H,6-11H2,1H3,(H2,17,21)(H,18,20). The lowest BCUT2D eigenvalue weighted by Crippen LogP contribution is -2.35. The Morgan fingerprint density at radius 1 is 1.24 bits per heavy atom. The van der Waals surface area contributed by atoms with Gasteiger partial charge in [-0.15, -0.1) is 0 Å². The predicted molar refractivity (Wildman–Crippen MR) is 83.0 cm³/mol. The quantitative estimate of drug-likeness (QED) is 0.868. The molecule has 1 heterocycles. The van der Waals surface area contributed by atoms with Gasteiger partial charge in [0.2, 0.25) is 11.8 Å². The van der Waals surface area contributed by atoms with E-state index in [2.05, 4.69) is 17.1 Å². The van der Waals surface area contributed by atoms with Crippen molar-refractivity contribution in [1.29, 1.82) is 0 Å². The topological polar surface area (TPSA) is 75.4 Å². The second kappa shape index (κ2) is 7.22. The number of likely N-dealkylation sites (tertiary alicyclic amines) is 1. The lowest BCUT2D eigenvalue weighted by molar-refractivity contribution is -0.116. The van der Waals surface area contributed by atoms with Crippen molar-refractivity contribution in [2.24, 2.45) is 11.7 Å². The molecule has 1 aromatic carbocycles. The van der Waals surface area contributed by atoms with E-state index >= 15 is 0 Å². The fraction of sp³-hybridized carbons (Fsp3) is 0.500. The van der Waals surface area contributed by atoms with Crippen LogP contribution in [0.1, 0.15) is 36.5 Å². The minimum absolute atomic E-state index is 0.000414. The maximum atomic E-state index is 11.9. The highest BCUT2D eigenvalue weighted by atomic mass is 16.2. The summed E-state index contributed by atoms with van der Waals surface area (Å²) in [4.78, 5) is 25.2. The summed E-state index contributed by atoms with van der Waals surface area (Å²) >= 11 is 0. The third-order valence-corrected chi connectivity index (χ3v) is 3.98. The van der Waals surface area contributed by atoms with Crippen molar-refractivity contribution >= 4 is 17.5 Å². The number of nitrogens with one attached hydrogen (secondary N) is 1. The number of nitrogens with two attached hydrogens (primary N) is 1. The Labute approximate surface area is 125 Å². The van der Waals surface area contributed by atoms with Crippen molar-refractivity contribution in [3.05, 3.63) is 29.8 Å². The summed E-state index contributed by atoms with van der Waals surface area (Å²) in [6.45, 7) is 5.25. The Morgan fingerprint density at radius 3 is 2.43 bits per heavy atom. The monoisotopic (exact) mass is 289 g/mol. The van der Waals surface area contributed by atoms with Crippen molar-refractivity contribution in [2.75, 3.05) is 25.0 Å². The zero-order chi connectivity index (χ0) is 15.2. The van der Waals surface area contributed by atoms with Crippen LogP contribution in [-0.2, 0) is 4.79 Å². The Morgan fingerprint density at radius 2 is 1.86 bits per heavy atom. The van der Waals surface area contributed by atoms with Crippen molar-refractivity contribution in [3.63, 3.8) is 0 Å². The van der Waals surface area contributed by atoms with Crippen LogP contribution in [0.5, 0.6) is 0 Å². The summed E-state index contributed by atoms with van der Waals surface area (Å²) in [6, 6.07) is 6.62. The molecule has 0 spiro atoms. The van der Waals surface area contributed by atoms with E-state index in [1.54, 1.807) is 24.3 Å². The molecule has 1 saturated heterocycles. The second-order valence-electron chi connectivity index (χ2n) is 5.76. The molecule has 0 radical (unpaired) electrons. The molecule has 1 aromatic rings. The van der Waals surface area contributed by atoms with E-state index in [1.165, 1.54) is 12.8 Å². The lowest BCUT2D eigenvalue weighted by Gasteiger charge is -2.29. The van der Waals surface area contributed by atoms with E-state index in [0.717, 1.165) is 25.6 Å². The number of hydrogen-bond acceptors (Lipinski definition) is 3. The molecule has 0 aliphatic carbocycles. The molecule has 5 nitrogen and oxygen atoms in total. The van der Waals surface area contributed by atoms with E-state index in [0.29, 0.717) is 17.7 Å². The van der Waals surface area contributed by atoms with Crippen LogP contribution in [0.4, 0.5) is 5.69 Å². The largest absolute Gasteiger partial charge is 0.366 e. The molecule has 0 aromatic heterocycles. The average molecular weight is 289 g/mol. The number of nitrogens with zero attached hydrogens (tertiary/aromatic N) is 1. The Balaban J connectivity index is 1.75. The number of hydrogen-bond donors (Lipinski definition) is 2. The van der Waals surface area contributed by atoms with Gasteiger partial charge in [0.05, 0.1) is 0 Å². The Hall–Kier alpha value is -1.88. The SMILES string of the molecule is CC1CCN(CCC(=O)Nc2ccc(C(N)=O)cc2)CC1. The van der Waals surface area contributed by atoms with E-state index in [-0.39, 0.29) is 5.91 Å². The third kappa shape index (κ3) is 4.86. The maximum absolute atomic E-state index is 11.9. The number of rotatable bonds is 5. The van der Waals surface area contributed by atoms with Gasteiger partial charge < -0.3 is 16.0 Å². The lowest BCUT2D eigenvalue weighted by atomic mass is 9.99.